The molecule has 1 aromatic rings. The van der Waals surface area contributed by atoms with Crippen LogP contribution in [0, 0.1) is 0 Å². The summed E-state index contributed by atoms with van der Waals surface area (Å²) in [5, 5.41) is 9.39. The van der Waals surface area contributed by atoms with Crippen molar-refractivity contribution >= 4 is 0 Å². The van der Waals surface area contributed by atoms with Crippen molar-refractivity contribution in [1.29, 1.82) is 0 Å². The molecule has 1 N–H and O–H groups in total. The van der Waals surface area contributed by atoms with Crippen LogP contribution in [-0.2, 0) is 0 Å². The molecule has 0 aromatic heterocycles. The van der Waals surface area contributed by atoms with E-state index >= 15 is 0 Å². The van der Waals surface area contributed by atoms with Crippen LogP contribution >= 0.6 is 0 Å². The summed E-state index contributed by atoms with van der Waals surface area (Å²) >= 11 is 0. The predicted octanol–water partition coefficient (Wildman–Crippen LogP) is 4.03. The van der Waals surface area contributed by atoms with E-state index in [1.807, 2.05) is 12.1 Å². The summed E-state index contributed by atoms with van der Waals surface area (Å²) in [4.78, 5) is 0. The number of aliphatic hydroxyl groups is 1. The van der Waals surface area contributed by atoms with Crippen LogP contribution in [0.3, 0.4) is 0 Å². The maximum atomic E-state index is 9.39. The summed E-state index contributed by atoms with van der Waals surface area (Å²) in [6.07, 6.45) is 3.45. The molecular formula is C14H22O. The van der Waals surface area contributed by atoms with Gasteiger partial charge < -0.3 is 5.11 Å². The zero-order valence-corrected chi connectivity index (χ0v) is 10.0. The Morgan fingerprint density at radius 1 is 1.07 bits per heavy atom. The van der Waals surface area contributed by atoms with E-state index < -0.39 is 0 Å². The van der Waals surface area contributed by atoms with Gasteiger partial charge in [-0.15, -0.1) is 0 Å². The first kappa shape index (κ1) is 12.3. The maximum Gasteiger partial charge on any atom is 0.0761 e. The molecule has 2 unspecified atom stereocenters. The van der Waals surface area contributed by atoms with Crippen LogP contribution in [0.25, 0.3) is 0 Å². The second kappa shape index (κ2) is 5.92. The Morgan fingerprint density at radius 2 is 1.60 bits per heavy atom. The SMILES string of the molecule is CCCCC(C)c1ccc(C(C)O)cc1. The van der Waals surface area contributed by atoms with Crippen molar-refractivity contribution in [3.8, 4) is 0 Å². The molecule has 0 amide bonds. The first-order valence-corrected chi connectivity index (χ1v) is 5.93. The third-order valence-electron chi connectivity index (χ3n) is 2.98. The summed E-state index contributed by atoms with van der Waals surface area (Å²) in [5.74, 6) is 0.632. The molecule has 0 saturated heterocycles. The van der Waals surface area contributed by atoms with Gasteiger partial charge in [-0.2, -0.15) is 0 Å². The third-order valence-corrected chi connectivity index (χ3v) is 2.98. The molecule has 1 aromatic carbocycles. The lowest BCUT2D eigenvalue weighted by atomic mass is 9.94. The van der Waals surface area contributed by atoms with Gasteiger partial charge in [-0.1, -0.05) is 51.0 Å². The van der Waals surface area contributed by atoms with E-state index in [1.165, 1.54) is 24.8 Å². The van der Waals surface area contributed by atoms with Gasteiger partial charge in [0.2, 0.25) is 0 Å². The lowest BCUT2D eigenvalue weighted by Crippen LogP contribution is -1.95. The van der Waals surface area contributed by atoms with Crippen molar-refractivity contribution in [2.45, 2.75) is 52.1 Å². The molecule has 0 bridgehead atoms. The third kappa shape index (κ3) is 3.67. The number of unbranched alkanes of at least 4 members (excludes halogenated alkanes) is 1. The van der Waals surface area contributed by atoms with Crippen LogP contribution in [0.4, 0.5) is 0 Å². The topological polar surface area (TPSA) is 20.2 Å². The fourth-order valence-corrected chi connectivity index (χ4v) is 1.78. The van der Waals surface area contributed by atoms with E-state index in [0.29, 0.717) is 5.92 Å². The molecule has 84 valence electrons. The second-order valence-electron chi connectivity index (χ2n) is 4.39. The number of benzene rings is 1. The normalized spacial score (nSPS) is 14.9. The van der Waals surface area contributed by atoms with Crippen molar-refractivity contribution in [1.82, 2.24) is 0 Å². The minimum atomic E-state index is -0.356. The second-order valence-corrected chi connectivity index (χ2v) is 4.39. The Hall–Kier alpha value is -0.820. The molecule has 0 aliphatic carbocycles. The highest BCUT2D eigenvalue weighted by molar-refractivity contribution is 5.26. The van der Waals surface area contributed by atoms with Gasteiger partial charge in [0.05, 0.1) is 6.10 Å². The lowest BCUT2D eigenvalue weighted by molar-refractivity contribution is 0.199. The Kier molecular flexibility index (Phi) is 4.83. The Labute approximate surface area is 93.1 Å². The first-order valence-electron chi connectivity index (χ1n) is 5.93. The van der Waals surface area contributed by atoms with E-state index in [2.05, 4.69) is 26.0 Å². The highest BCUT2D eigenvalue weighted by Crippen LogP contribution is 2.23. The minimum Gasteiger partial charge on any atom is -0.389 e. The standard InChI is InChI=1S/C14H22O/c1-4-5-6-11(2)13-7-9-14(10-8-13)12(3)15/h7-12,15H,4-6H2,1-3H3. The minimum absolute atomic E-state index is 0.356. The predicted molar refractivity (Wildman–Crippen MR) is 65.0 cm³/mol. The van der Waals surface area contributed by atoms with Crippen LogP contribution in [0.15, 0.2) is 24.3 Å². The van der Waals surface area contributed by atoms with Gasteiger partial charge in [-0.05, 0) is 30.4 Å². The van der Waals surface area contributed by atoms with E-state index in [1.54, 1.807) is 6.92 Å². The summed E-state index contributed by atoms with van der Waals surface area (Å²) in [7, 11) is 0. The van der Waals surface area contributed by atoms with E-state index in [0.717, 1.165) is 5.56 Å². The highest BCUT2D eigenvalue weighted by Gasteiger charge is 2.06. The molecule has 1 heteroatoms. The Morgan fingerprint density at radius 3 is 2.07 bits per heavy atom. The van der Waals surface area contributed by atoms with Crippen molar-refractivity contribution in [3.05, 3.63) is 35.4 Å². The monoisotopic (exact) mass is 206 g/mol. The summed E-state index contributed by atoms with van der Waals surface area (Å²) < 4.78 is 0. The molecule has 1 nitrogen and oxygen atoms in total. The van der Waals surface area contributed by atoms with Gasteiger partial charge in [0.15, 0.2) is 0 Å². The van der Waals surface area contributed by atoms with E-state index in [4.69, 9.17) is 0 Å². The zero-order valence-electron chi connectivity index (χ0n) is 10.0. The molecular weight excluding hydrogens is 184 g/mol. The number of aliphatic hydroxyl groups excluding tert-OH is 1. The molecule has 0 heterocycles. The maximum absolute atomic E-state index is 9.39. The first-order chi connectivity index (χ1) is 7.15. The van der Waals surface area contributed by atoms with Crippen LogP contribution < -0.4 is 0 Å². The van der Waals surface area contributed by atoms with Crippen molar-refractivity contribution in [2.75, 3.05) is 0 Å². The van der Waals surface area contributed by atoms with Crippen LogP contribution in [-0.4, -0.2) is 5.11 Å². The number of rotatable bonds is 5. The van der Waals surface area contributed by atoms with Gasteiger partial charge in [-0.3, -0.25) is 0 Å². The average molecular weight is 206 g/mol. The smallest absolute Gasteiger partial charge is 0.0761 e. The van der Waals surface area contributed by atoms with Gasteiger partial charge in [0, 0.05) is 0 Å². The molecule has 0 aliphatic heterocycles. The zero-order chi connectivity index (χ0) is 11.3. The summed E-state index contributed by atoms with van der Waals surface area (Å²) in [6.45, 7) is 6.30. The fraction of sp³-hybridized carbons (Fsp3) is 0.571. The molecule has 15 heavy (non-hydrogen) atoms. The van der Waals surface area contributed by atoms with Gasteiger partial charge in [0.1, 0.15) is 0 Å². The van der Waals surface area contributed by atoms with Gasteiger partial charge in [0.25, 0.3) is 0 Å². The van der Waals surface area contributed by atoms with Crippen LogP contribution in [0.5, 0.6) is 0 Å². The van der Waals surface area contributed by atoms with Crippen LogP contribution in [0.2, 0.25) is 0 Å². The quantitative estimate of drug-likeness (QED) is 0.771. The molecule has 0 fully saturated rings. The largest absolute Gasteiger partial charge is 0.389 e. The average Bonchev–Trinajstić information content (AvgIpc) is 2.26. The summed E-state index contributed by atoms with van der Waals surface area (Å²) in [6, 6.07) is 8.34. The van der Waals surface area contributed by atoms with Crippen molar-refractivity contribution < 1.29 is 5.11 Å². The van der Waals surface area contributed by atoms with E-state index in [-0.39, 0.29) is 6.10 Å². The molecule has 0 aliphatic rings. The van der Waals surface area contributed by atoms with Crippen molar-refractivity contribution in [2.24, 2.45) is 0 Å². The van der Waals surface area contributed by atoms with Crippen LogP contribution in [0.1, 0.15) is 63.2 Å². The van der Waals surface area contributed by atoms with Crippen molar-refractivity contribution in [3.63, 3.8) is 0 Å². The molecule has 0 spiro atoms. The highest BCUT2D eigenvalue weighted by atomic mass is 16.3. The van der Waals surface area contributed by atoms with Gasteiger partial charge in [-0.25, -0.2) is 0 Å². The van der Waals surface area contributed by atoms with E-state index in [9.17, 15) is 5.11 Å². The number of hydrogen-bond acceptors (Lipinski definition) is 1. The lowest BCUT2D eigenvalue weighted by Gasteiger charge is -2.12. The molecule has 0 radical (unpaired) electrons. The molecule has 1 rings (SSSR count). The Balaban J connectivity index is 2.62. The Bertz CT molecular complexity index is 274. The molecule has 0 saturated carbocycles. The number of hydrogen-bond donors (Lipinski definition) is 1. The molecule has 2 atom stereocenters. The fourth-order valence-electron chi connectivity index (χ4n) is 1.78. The summed E-state index contributed by atoms with van der Waals surface area (Å²) in [5.41, 5.74) is 2.38. The van der Waals surface area contributed by atoms with Gasteiger partial charge >= 0.3 is 0 Å².